The Hall–Kier alpha value is -0.760. The van der Waals surface area contributed by atoms with Crippen LogP contribution in [0, 0.1) is 17.2 Å². The maximum absolute atomic E-state index is 12.2. The van der Waals surface area contributed by atoms with Gasteiger partial charge in [-0.1, -0.05) is 0 Å². The molecule has 0 aromatic heterocycles. The van der Waals surface area contributed by atoms with E-state index < -0.39 is 12.1 Å². The van der Waals surface area contributed by atoms with Crippen molar-refractivity contribution in [3.63, 3.8) is 0 Å². The highest BCUT2D eigenvalue weighted by molar-refractivity contribution is 4.83. The molecular formula is C8H11F3N2. The molecule has 1 heterocycles. The summed E-state index contributed by atoms with van der Waals surface area (Å²) in [5.41, 5.74) is 0. The molecule has 0 aromatic rings. The third kappa shape index (κ3) is 2.88. The lowest BCUT2D eigenvalue weighted by atomic mass is 9.98. The first-order chi connectivity index (χ1) is 6.04. The fourth-order valence-electron chi connectivity index (χ4n) is 1.57. The molecule has 74 valence electrons. The van der Waals surface area contributed by atoms with Crippen molar-refractivity contribution in [1.29, 1.82) is 5.26 Å². The summed E-state index contributed by atoms with van der Waals surface area (Å²) < 4.78 is 36.7. The molecular weight excluding hydrogens is 181 g/mol. The van der Waals surface area contributed by atoms with Crippen molar-refractivity contribution in [3.05, 3.63) is 0 Å². The molecule has 0 saturated carbocycles. The van der Waals surface area contributed by atoms with Crippen molar-refractivity contribution in [3.8, 4) is 6.07 Å². The van der Waals surface area contributed by atoms with Crippen LogP contribution in [0.15, 0.2) is 0 Å². The first kappa shape index (κ1) is 10.3. The number of hydrogen-bond donors (Lipinski definition) is 0. The molecule has 13 heavy (non-hydrogen) atoms. The SMILES string of the molecule is N#CCN1CCCC(C(F)(F)F)C1. The molecule has 0 aromatic carbocycles. The van der Waals surface area contributed by atoms with Gasteiger partial charge in [0.15, 0.2) is 0 Å². The zero-order valence-electron chi connectivity index (χ0n) is 7.14. The predicted octanol–water partition coefficient (Wildman–Crippen LogP) is 1.78. The Bertz CT molecular complexity index is 206. The fraction of sp³-hybridized carbons (Fsp3) is 0.875. The van der Waals surface area contributed by atoms with E-state index in [2.05, 4.69) is 0 Å². The first-order valence-electron chi connectivity index (χ1n) is 4.20. The average Bonchev–Trinajstić information content (AvgIpc) is 2.04. The number of nitrogens with zero attached hydrogens (tertiary/aromatic N) is 2. The molecule has 0 spiro atoms. The lowest BCUT2D eigenvalue weighted by Gasteiger charge is -2.31. The zero-order chi connectivity index (χ0) is 9.90. The quantitative estimate of drug-likeness (QED) is 0.592. The molecule has 5 heteroatoms. The number of halogens is 3. The van der Waals surface area contributed by atoms with Gasteiger partial charge >= 0.3 is 6.18 Å². The van der Waals surface area contributed by atoms with Gasteiger partial charge in [-0.25, -0.2) is 0 Å². The molecule has 1 fully saturated rings. The second-order valence-electron chi connectivity index (χ2n) is 3.27. The summed E-state index contributed by atoms with van der Waals surface area (Å²) in [6.45, 7) is 0.698. The van der Waals surface area contributed by atoms with Crippen LogP contribution in [0.1, 0.15) is 12.8 Å². The van der Waals surface area contributed by atoms with Crippen LogP contribution in [0.5, 0.6) is 0 Å². The summed E-state index contributed by atoms with van der Waals surface area (Å²) in [5, 5.41) is 8.33. The molecule has 1 rings (SSSR count). The van der Waals surface area contributed by atoms with E-state index in [4.69, 9.17) is 5.26 Å². The van der Waals surface area contributed by atoms with Crippen LogP contribution in [-0.4, -0.2) is 30.7 Å². The van der Waals surface area contributed by atoms with Crippen LogP contribution < -0.4 is 0 Å². The Morgan fingerprint density at radius 2 is 2.15 bits per heavy atom. The summed E-state index contributed by atoms with van der Waals surface area (Å²) in [6, 6.07) is 1.87. The van der Waals surface area contributed by atoms with Crippen molar-refractivity contribution in [1.82, 2.24) is 4.90 Å². The number of likely N-dealkylation sites (tertiary alicyclic amines) is 1. The number of piperidine rings is 1. The molecule has 1 aliphatic heterocycles. The maximum atomic E-state index is 12.2. The summed E-state index contributed by atoms with van der Waals surface area (Å²) in [7, 11) is 0. The van der Waals surface area contributed by atoms with Gasteiger partial charge in [-0.2, -0.15) is 18.4 Å². The second-order valence-corrected chi connectivity index (χ2v) is 3.27. The number of alkyl halides is 3. The average molecular weight is 192 g/mol. The van der Waals surface area contributed by atoms with E-state index in [-0.39, 0.29) is 19.5 Å². The molecule has 1 unspecified atom stereocenters. The molecule has 1 aliphatic rings. The van der Waals surface area contributed by atoms with Gasteiger partial charge in [0.05, 0.1) is 18.5 Å². The molecule has 2 nitrogen and oxygen atoms in total. The smallest absolute Gasteiger partial charge is 0.290 e. The van der Waals surface area contributed by atoms with E-state index in [1.54, 1.807) is 4.90 Å². The Morgan fingerprint density at radius 1 is 1.46 bits per heavy atom. The van der Waals surface area contributed by atoms with Crippen LogP contribution in [0.25, 0.3) is 0 Å². The summed E-state index contributed by atoms with van der Waals surface area (Å²) in [5.74, 6) is -1.24. The highest BCUT2D eigenvalue weighted by atomic mass is 19.4. The standard InChI is InChI=1S/C8H11F3N2/c9-8(10,11)7-2-1-4-13(6-7)5-3-12/h7H,1-2,4-6H2. The van der Waals surface area contributed by atoms with Crippen LogP contribution >= 0.6 is 0 Å². The number of nitriles is 1. The van der Waals surface area contributed by atoms with Crippen molar-refractivity contribution >= 4 is 0 Å². The second kappa shape index (κ2) is 3.97. The molecule has 1 saturated heterocycles. The third-order valence-corrected chi connectivity index (χ3v) is 2.26. The van der Waals surface area contributed by atoms with Gasteiger partial charge in [0.25, 0.3) is 0 Å². The van der Waals surface area contributed by atoms with Crippen LogP contribution in [0.4, 0.5) is 13.2 Å². The van der Waals surface area contributed by atoms with Gasteiger partial charge in [0, 0.05) is 6.54 Å². The number of rotatable bonds is 1. The van der Waals surface area contributed by atoms with E-state index >= 15 is 0 Å². The van der Waals surface area contributed by atoms with E-state index in [9.17, 15) is 13.2 Å². The maximum Gasteiger partial charge on any atom is 0.393 e. The van der Waals surface area contributed by atoms with Gasteiger partial charge in [-0.3, -0.25) is 4.90 Å². The summed E-state index contributed by atoms with van der Waals surface area (Å²) in [6.07, 6.45) is -3.37. The van der Waals surface area contributed by atoms with E-state index in [1.165, 1.54) is 0 Å². The number of hydrogen-bond acceptors (Lipinski definition) is 2. The fourth-order valence-corrected chi connectivity index (χ4v) is 1.57. The van der Waals surface area contributed by atoms with Gasteiger partial charge < -0.3 is 0 Å². The highest BCUT2D eigenvalue weighted by Crippen LogP contribution is 2.32. The first-order valence-corrected chi connectivity index (χ1v) is 4.20. The molecule has 1 atom stereocenters. The van der Waals surface area contributed by atoms with Gasteiger partial charge in [0.2, 0.25) is 0 Å². The van der Waals surface area contributed by atoms with Crippen molar-refractivity contribution in [2.75, 3.05) is 19.6 Å². The minimum atomic E-state index is -4.10. The zero-order valence-corrected chi connectivity index (χ0v) is 7.14. The normalized spacial score (nSPS) is 25.5. The Balaban J connectivity index is 2.48. The van der Waals surface area contributed by atoms with Gasteiger partial charge in [0.1, 0.15) is 0 Å². The Labute approximate surface area is 74.9 Å². The lowest BCUT2D eigenvalue weighted by Crippen LogP contribution is -2.41. The van der Waals surface area contributed by atoms with E-state index in [0.717, 1.165) is 0 Å². The summed E-state index contributed by atoms with van der Waals surface area (Å²) in [4.78, 5) is 1.56. The minimum Gasteiger partial charge on any atom is -0.290 e. The van der Waals surface area contributed by atoms with Crippen molar-refractivity contribution < 1.29 is 13.2 Å². The monoisotopic (exact) mass is 192 g/mol. The molecule has 0 radical (unpaired) electrons. The van der Waals surface area contributed by atoms with E-state index in [1.807, 2.05) is 6.07 Å². The topological polar surface area (TPSA) is 27.0 Å². The van der Waals surface area contributed by atoms with Crippen LogP contribution in [0.2, 0.25) is 0 Å². The van der Waals surface area contributed by atoms with Crippen molar-refractivity contribution in [2.45, 2.75) is 19.0 Å². The Kier molecular flexibility index (Phi) is 3.15. The molecule has 0 amide bonds. The van der Waals surface area contributed by atoms with Gasteiger partial charge in [-0.15, -0.1) is 0 Å². The highest BCUT2D eigenvalue weighted by Gasteiger charge is 2.41. The molecule has 0 bridgehead atoms. The largest absolute Gasteiger partial charge is 0.393 e. The molecule has 0 aliphatic carbocycles. The summed E-state index contributed by atoms with van der Waals surface area (Å²) >= 11 is 0. The van der Waals surface area contributed by atoms with Crippen LogP contribution in [0.3, 0.4) is 0 Å². The van der Waals surface area contributed by atoms with Gasteiger partial charge in [-0.05, 0) is 19.4 Å². The Morgan fingerprint density at radius 3 is 2.69 bits per heavy atom. The molecule has 0 N–H and O–H groups in total. The van der Waals surface area contributed by atoms with Crippen molar-refractivity contribution in [2.24, 2.45) is 5.92 Å². The van der Waals surface area contributed by atoms with Crippen LogP contribution in [-0.2, 0) is 0 Å². The lowest BCUT2D eigenvalue weighted by molar-refractivity contribution is -0.186. The third-order valence-electron chi connectivity index (χ3n) is 2.26. The van der Waals surface area contributed by atoms with E-state index in [0.29, 0.717) is 13.0 Å². The predicted molar refractivity (Wildman–Crippen MR) is 40.8 cm³/mol. The minimum absolute atomic E-state index is 0.0168.